The molecule has 0 aromatic heterocycles. The number of ketones is 1. The molecule has 0 aromatic carbocycles. The number of ether oxygens (including phenoxy) is 2. The van der Waals surface area contributed by atoms with Crippen molar-refractivity contribution < 1.29 is 19.1 Å². The van der Waals surface area contributed by atoms with Crippen molar-refractivity contribution in [3.63, 3.8) is 0 Å². The summed E-state index contributed by atoms with van der Waals surface area (Å²) >= 11 is 3.34. The summed E-state index contributed by atoms with van der Waals surface area (Å²) in [5.41, 5.74) is -0.750. The van der Waals surface area contributed by atoms with Gasteiger partial charge in [-0.25, -0.2) is 0 Å². The van der Waals surface area contributed by atoms with Gasteiger partial charge in [-0.2, -0.15) is 0 Å². The molecule has 0 N–H and O–H groups in total. The van der Waals surface area contributed by atoms with Gasteiger partial charge < -0.3 is 9.47 Å². The first-order valence-electron chi connectivity index (χ1n) is 5.50. The number of esters is 1. The minimum atomic E-state index is -0.750. The lowest BCUT2D eigenvalue weighted by Crippen LogP contribution is -2.37. The van der Waals surface area contributed by atoms with E-state index >= 15 is 0 Å². The number of rotatable bonds is 5. The van der Waals surface area contributed by atoms with Gasteiger partial charge in [0.2, 0.25) is 0 Å². The molecule has 0 bridgehead atoms. The minimum absolute atomic E-state index is 0.0759. The van der Waals surface area contributed by atoms with Gasteiger partial charge in [0.1, 0.15) is 5.76 Å². The van der Waals surface area contributed by atoms with Crippen LogP contribution in [0.1, 0.15) is 25.7 Å². The largest absolute Gasteiger partial charge is 0.501 e. The lowest BCUT2D eigenvalue weighted by molar-refractivity contribution is -0.156. The zero-order chi connectivity index (χ0) is 12.9. The first kappa shape index (κ1) is 14.2. The van der Waals surface area contributed by atoms with E-state index in [2.05, 4.69) is 15.9 Å². The average molecular weight is 305 g/mol. The van der Waals surface area contributed by atoms with E-state index < -0.39 is 5.41 Å². The molecule has 96 valence electrons. The maximum atomic E-state index is 11.9. The molecule has 1 atom stereocenters. The van der Waals surface area contributed by atoms with Crippen LogP contribution in [0.4, 0.5) is 0 Å². The number of carbonyl (C=O) groups excluding carboxylic acids is 2. The average Bonchev–Trinajstić information content (AvgIpc) is 2.34. The number of halogens is 1. The molecule has 0 amide bonds. The number of allylic oxidation sites excluding steroid dienone is 2. The Hall–Kier alpha value is -0.840. The predicted octanol–water partition coefficient (Wildman–Crippen LogP) is 2.21. The van der Waals surface area contributed by atoms with E-state index in [4.69, 9.17) is 9.47 Å². The molecule has 17 heavy (non-hydrogen) atoms. The van der Waals surface area contributed by atoms with Gasteiger partial charge in [0.05, 0.1) is 19.6 Å². The highest BCUT2D eigenvalue weighted by Gasteiger charge is 2.44. The van der Waals surface area contributed by atoms with Crippen molar-refractivity contribution in [2.75, 3.05) is 19.5 Å². The van der Waals surface area contributed by atoms with Crippen molar-refractivity contribution in [3.05, 3.63) is 11.8 Å². The maximum Gasteiger partial charge on any atom is 0.312 e. The quantitative estimate of drug-likeness (QED) is 0.577. The highest BCUT2D eigenvalue weighted by molar-refractivity contribution is 9.09. The highest BCUT2D eigenvalue weighted by atomic mass is 79.9. The van der Waals surface area contributed by atoms with E-state index in [-0.39, 0.29) is 18.2 Å². The summed E-state index contributed by atoms with van der Waals surface area (Å²) in [6.45, 7) is 0. The standard InChI is InChI=1S/C12H17BrO4/c1-16-10-6-9(14)7-12(8-10,4-3-5-13)11(15)17-2/h6H,3-5,7-8H2,1-2H3. The molecule has 1 aliphatic carbocycles. The maximum absolute atomic E-state index is 11.9. The molecule has 5 heteroatoms. The van der Waals surface area contributed by atoms with Gasteiger partial charge in [0.25, 0.3) is 0 Å². The third kappa shape index (κ3) is 3.31. The summed E-state index contributed by atoms with van der Waals surface area (Å²) in [5, 5.41) is 0.798. The Morgan fingerprint density at radius 3 is 2.71 bits per heavy atom. The third-order valence-electron chi connectivity index (χ3n) is 3.02. The van der Waals surface area contributed by atoms with Crippen LogP contribution in [0.3, 0.4) is 0 Å². The van der Waals surface area contributed by atoms with E-state index in [0.29, 0.717) is 18.6 Å². The van der Waals surface area contributed by atoms with Crippen LogP contribution in [0.2, 0.25) is 0 Å². The van der Waals surface area contributed by atoms with Gasteiger partial charge >= 0.3 is 5.97 Å². The van der Waals surface area contributed by atoms with Gasteiger partial charge in [-0.3, -0.25) is 9.59 Å². The molecule has 0 aliphatic heterocycles. The Labute approximate surface area is 109 Å². The molecular formula is C12H17BrO4. The topological polar surface area (TPSA) is 52.6 Å². The fraction of sp³-hybridized carbons (Fsp3) is 0.667. The second kappa shape index (κ2) is 6.19. The Morgan fingerprint density at radius 1 is 1.47 bits per heavy atom. The zero-order valence-electron chi connectivity index (χ0n) is 10.1. The van der Waals surface area contributed by atoms with Gasteiger partial charge in [0, 0.05) is 24.2 Å². The van der Waals surface area contributed by atoms with E-state index in [1.54, 1.807) is 0 Å². The van der Waals surface area contributed by atoms with Gasteiger partial charge in [-0.1, -0.05) is 15.9 Å². The monoisotopic (exact) mass is 304 g/mol. The van der Waals surface area contributed by atoms with Gasteiger partial charge in [-0.15, -0.1) is 0 Å². The molecule has 0 radical (unpaired) electrons. The Morgan fingerprint density at radius 2 is 2.18 bits per heavy atom. The molecule has 0 aromatic rings. The third-order valence-corrected chi connectivity index (χ3v) is 3.58. The molecule has 0 saturated carbocycles. The summed E-state index contributed by atoms with van der Waals surface area (Å²) in [6, 6.07) is 0. The van der Waals surface area contributed by atoms with Crippen molar-refractivity contribution in [3.8, 4) is 0 Å². The molecular weight excluding hydrogens is 288 g/mol. The summed E-state index contributed by atoms with van der Waals surface area (Å²) < 4.78 is 9.95. The molecule has 1 rings (SSSR count). The molecule has 0 fully saturated rings. The normalized spacial score (nSPS) is 24.2. The number of carbonyl (C=O) groups is 2. The lowest BCUT2D eigenvalue weighted by atomic mass is 9.72. The second-order valence-corrected chi connectivity index (χ2v) is 4.99. The first-order chi connectivity index (χ1) is 8.07. The predicted molar refractivity (Wildman–Crippen MR) is 66.8 cm³/mol. The van der Waals surface area contributed by atoms with Crippen molar-refractivity contribution in [2.45, 2.75) is 25.7 Å². The van der Waals surface area contributed by atoms with Crippen LogP contribution >= 0.6 is 15.9 Å². The van der Waals surface area contributed by atoms with Gasteiger partial charge in [0.15, 0.2) is 5.78 Å². The number of hydrogen-bond donors (Lipinski definition) is 0. The molecule has 1 aliphatic rings. The zero-order valence-corrected chi connectivity index (χ0v) is 11.7. The molecule has 0 saturated heterocycles. The van der Waals surface area contributed by atoms with E-state index in [1.165, 1.54) is 20.3 Å². The fourth-order valence-electron chi connectivity index (χ4n) is 2.19. The molecule has 0 heterocycles. The number of methoxy groups -OCH3 is 2. The fourth-order valence-corrected chi connectivity index (χ4v) is 2.47. The number of alkyl halides is 1. The van der Waals surface area contributed by atoms with E-state index in [1.807, 2.05) is 0 Å². The van der Waals surface area contributed by atoms with Gasteiger partial charge in [-0.05, 0) is 12.8 Å². The summed E-state index contributed by atoms with van der Waals surface area (Å²) in [4.78, 5) is 23.6. The first-order valence-corrected chi connectivity index (χ1v) is 6.62. The second-order valence-electron chi connectivity index (χ2n) is 4.20. The van der Waals surface area contributed by atoms with Crippen LogP contribution in [0.15, 0.2) is 11.8 Å². The van der Waals surface area contributed by atoms with Crippen LogP contribution in [0.5, 0.6) is 0 Å². The van der Waals surface area contributed by atoms with Crippen LogP contribution in [0.25, 0.3) is 0 Å². The Balaban J connectivity index is 2.95. The Bertz CT molecular complexity index is 337. The van der Waals surface area contributed by atoms with Crippen molar-refractivity contribution in [1.82, 2.24) is 0 Å². The smallest absolute Gasteiger partial charge is 0.312 e. The summed E-state index contributed by atoms with van der Waals surface area (Å²) in [6.07, 6.45) is 3.56. The minimum Gasteiger partial charge on any atom is -0.501 e. The van der Waals surface area contributed by atoms with Crippen molar-refractivity contribution >= 4 is 27.7 Å². The number of hydrogen-bond acceptors (Lipinski definition) is 4. The highest BCUT2D eigenvalue weighted by Crippen LogP contribution is 2.40. The Kier molecular flexibility index (Phi) is 5.18. The van der Waals surface area contributed by atoms with Crippen molar-refractivity contribution in [2.24, 2.45) is 5.41 Å². The molecule has 0 spiro atoms. The van der Waals surface area contributed by atoms with Crippen molar-refractivity contribution in [1.29, 1.82) is 0 Å². The molecule has 1 unspecified atom stereocenters. The van der Waals surface area contributed by atoms with Crippen LogP contribution in [-0.4, -0.2) is 31.3 Å². The lowest BCUT2D eigenvalue weighted by Gasteiger charge is -2.33. The van der Waals surface area contributed by atoms with Crippen LogP contribution in [0, 0.1) is 5.41 Å². The summed E-state index contributed by atoms with van der Waals surface area (Å²) in [7, 11) is 2.87. The summed E-state index contributed by atoms with van der Waals surface area (Å²) in [5.74, 6) is 0.156. The van der Waals surface area contributed by atoms with Crippen LogP contribution < -0.4 is 0 Å². The molecule has 4 nitrogen and oxygen atoms in total. The van der Waals surface area contributed by atoms with Crippen LogP contribution in [-0.2, 0) is 19.1 Å². The SMILES string of the molecule is COC(=O)C1(CCCBr)CC(=O)C=C(OC)C1. The van der Waals surface area contributed by atoms with E-state index in [0.717, 1.165) is 11.8 Å². The van der Waals surface area contributed by atoms with E-state index in [9.17, 15) is 9.59 Å².